The lowest BCUT2D eigenvalue weighted by Crippen LogP contribution is -2.26. The third kappa shape index (κ3) is 4.26. The third-order valence-electron chi connectivity index (χ3n) is 1.78. The van der Waals surface area contributed by atoms with Crippen molar-refractivity contribution in [3.8, 4) is 0 Å². The number of aromatic amines is 1. The van der Waals surface area contributed by atoms with Crippen LogP contribution in [0, 0.1) is 0 Å². The molecule has 1 rings (SSSR count). The van der Waals surface area contributed by atoms with Crippen LogP contribution in [0.15, 0.2) is 0 Å². The van der Waals surface area contributed by atoms with Crippen LogP contribution in [-0.2, 0) is 4.74 Å². The van der Waals surface area contributed by atoms with Crippen LogP contribution < -0.4 is 11.1 Å². The van der Waals surface area contributed by atoms with Gasteiger partial charge in [0.15, 0.2) is 0 Å². The summed E-state index contributed by atoms with van der Waals surface area (Å²) in [6.07, 6.45) is 0.970. The van der Waals surface area contributed by atoms with Gasteiger partial charge in [-0.25, -0.2) is 0 Å². The first kappa shape index (κ1) is 12.4. The second kappa shape index (κ2) is 6.06. The van der Waals surface area contributed by atoms with Crippen molar-refractivity contribution in [2.24, 2.45) is 0 Å². The molecular weight excluding hydrogens is 210 g/mol. The fraction of sp³-hybridized carbons (Fsp3) is 0.667. The number of rotatable bonds is 6. The van der Waals surface area contributed by atoms with Crippen molar-refractivity contribution in [1.82, 2.24) is 20.5 Å². The van der Waals surface area contributed by atoms with E-state index in [2.05, 4.69) is 20.5 Å². The van der Waals surface area contributed by atoms with E-state index in [0.717, 1.165) is 6.42 Å². The Labute approximate surface area is 93.8 Å². The van der Waals surface area contributed by atoms with Crippen molar-refractivity contribution in [2.45, 2.75) is 26.4 Å². The average molecular weight is 227 g/mol. The molecule has 1 heterocycles. The number of nitrogens with two attached hydrogens (primary N) is 1. The minimum Gasteiger partial charge on any atom is -0.379 e. The minimum absolute atomic E-state index is 0.0632. The zero-order valence-electron chi connectivity index (χ0n) is 9.49. The van der Waals surface area contributed by atoms with Crippen LogP contribution in [0.3, 0.4) is 0 Å². The van der Waals surface area contributed by atoms with E-state index in [1.165, 1.54) is 0 Å². The van der Waals surface area contributed by atoms with E-state index < -0.39 is 0 Å². The van der Waals surface area contributed by atoms with Crippen LogP contribution in [0.5, 0.6) is 0 Å². The molecule has 0 aromatic carbocycles. The molecule has 0 aliphatic carbocycles. The summed E-state index contributed by atoms with van der Waals surface area (Å²) in [5.74, 6) is -0.121. The summed E-state index contributed by atoms with van der Waals surface area (Å²) in [7, 11) is 0. The summed E-state index contributed by atoms with van der Waals surface area (Å²) in [6.45, 7) is 5.09. The Morgan fingerprint density at radius 1 is 1.62 bits per heavy atom. The SMILES string of the molecule is CC(C)OCCCNC(=O)c1nc(N)n[nH]1. The molecule has 0 fully saturated rings. The van der Waals surface area contributed by atoms with Gasteiger partial charge in [0.05, 0.1) is 6.10 Å². The van der Waals surface area contributed by atoms with Crippen molar-refractivity contribution >= 4 is 11.9 Å². The first-order valence-electron chi connectivity index (χ1n) is 5.17. The summed E-state index contributed by atoms with van der Waals surface area (Å²) >= 11 is 0. The van der Waals surface area contributed by atoms with Crippen molar-refractivity contribution in [2.75, 3.05) is 18.9 Å². The van der Waals surface area contributed by atoms with Crippen LogP contribution in [-0.4, -0.2) is 40.3 Å². The van der Waals surface area contributed by atoms with Gasteiger partial charge in [-0.3, -0.25) is 9.89 Å². The standard InChI is InChI=1S/C9H17N5O2/c1-6(2)16-5-3-4-11-8(15)7-12-9(10)14-13-7/h6H,3-5H2,1-2H3,(H,11,15)(H3,10,12,13,14). The number of anilines is 1. The number of hydrogen-bond acceptors (Lipinski definition) is 5. The van der Waals surface area contributed by atoms with Crippen molar-refractivity contribution in [3.05, 3.63) is 5.82 Å². The number of nitrogens with zero attached hydrogens (tertiary/aromatic N) is 2. The van der Waals surface area contributed by atoms with Crippen LogP contribution in [0.2, 0.25) is 0 Å². The predicted molar refractivity (Wildman–Crippen MR) is 58.8 cm³/mol. The van der Waals surface area contributed by atoms with E-state index in [4.69, 9.17) is 10.5 Å². The van der Waals surface area contributed by atoms with Gasteiger partial charge in [0.2, 0.25) is 11.8 Å². The van der Waals surface area contributed by atoms with Gasteiger partial charge in [0, 0.05) is 13.2 Å². The zero-order valence-corrected chi connectivity index (χ0v) is 9.49. The molecule has 1 aromatic heterocycles. The summed E-state index contributed by atoms with van der Waals surface area (Å²) < 4.78 is 5.33. The first-order chi connectivity index (χ1) is 7.59. The summed E-state index contributed by atoms with van der Waals surface area (Å²) in [5.41, 5.74) is 5.27. The molecule has 1 amide bonds. The normalized spacial score (nSPS) is 10.7. The number of carbonyl (C=O) groups is 1. The van der Waals surface area contributed by atoms with E-state index in [0.29, 0.717) is 13.2 Å². The Bertz CT molecular complexity index is 336. The largest absolute Gasteiger partial charge is 0.379 e. The highest BCUT2D eigenvalue weighted by Gasteiger charge is 2.09. The van der Waals surface area contributed by atoms with E-state index in [1.54, 1.807) is 0 Å². The Hall–Kier alpha value is -1.63. The van der Waals surface area contributed by atoms with Gasteiger partial charge in [0.25, 0.3) is 5.91 Å². The number of nitrogen functional groups attached to an aromatic ring is 1. The van der Waals surface area contributed by atoms with Gasteiger partial charge >= 0.3 is 0 Å². The molecule has 0 saturated carbocycles. The fourth-order valence-corrected chi connectivity index (χ4v) is 1.05. The maximum absolute atomic E-state index is 11.4. The molecule has 0 spiro atoms. The highest BCUT2D eigenvalue weighted by molar-refractivity contribution is 5.90. The second-order valence-corrected chi connectivity index (χ2v) is 3.57. The van der Waals surface area contributed by atoms with Crippen molar-refractivity contribution < 1.29 is 9.53 Å². The number of carbonyl (C=O) groups excluding carboxylic acids is 1. The number of ether oxygens (including phenoxy) is 1. The highest BCUT2D eigenvalue weighted by Crippen LogP contribution is 1.93. The average Bonchev–Trinajstić information content (AvgIpc) is 2.63. The Morgan fingerprint density at radius 3 is 2.94 bits per heavy atom. The number of aromatic nitrogens is 3. The quantitative estimate of drug-likeness (QED) is 0.590. The summed E-state index contributed by atoms with van der Waals surface area (Å²) in [5, 5.41) is 8.67. The van der Waals surface area contributed by atoms with E-state index >= 15 is 0 Å². The maximum atomic E-state index is 11.4. The van der Waals surface area contributed by atoms with Crippen molar-refractivity contribution in [3.63, 3.8) is 0 Å². The third-order valence-corrected chi connectivity index (χ3v) is 1.78. The van der Waals surface area contributed by atoms with Crippen LogP contribution in [0.4, 0.5) is 5.95 Å². The molecule has 0 radical (unpaired) electrons. The number of nitrogens with one attached hydrogen (secondary N) is 2. The number of H-pyrrole nitrogens is 1. The molecule has 90 valence electrons. The van der Waals surface area contributed by atoms with Gasteiger partial charge in [-0.05, 0) is 20.3 Å². The molecule has 0 atom stereocenters. The zero-order chi connectivity index (χ0) is 12.0. The molecule has 0 bridgehead atoms. The Morgan fingerprint density at radius 2 is 2.38 bits per heavy atom. The monoisotopic (exact) mass is 227 g/mol. The Balaban J connectivity index is 2.16. The minimum atomic E-state index is -0.311. The van der Waals surface area contributed by atoms with Crippen molar-refractivity contribution in [1.29, 1.82) is 0 Å². The van der Waals surface area contributed by atoms with Gasteiger partial charge in [-0.2, -0.15) is 4.98 Å². The molecule has 0 saturated heterocycles. The van der Waals surface area contributed by atoms with Gasteiger partial charge in [-0.15, -0.1) is 5.10 Å². The highest BCUT2D eigenvalue weighted by atomic mass is 16.5. The smallest absolute Gasteiger partial charge is 0.288 e. The maximum Gasteiger partial charge on any atom is 0.288 e. The van der Waals surface area contributed by atoms with Gasteiger partial charge in [-0.1, -0.05) is 0 Å². The molecule has 4 N–H and O–H groups in total. The Kier molecular flexibility index (Phi) is 4.71. The first-order valence-corrected chi connectivity index (χ1v) is 5.17. The summed E-state index contributed by atoms with van der Waals surface area (Å²) in [6, 6.07) is 0. The topological polar surface area (TPSA) is 106 Å². The fourth-order valence-electron chi connectivity index (χ4n) is 1.05. The van der Waals surface area contributed by atoms with Crippen LogP contribution >= 0.6 is 0 Å². The van der Waals surface area contributed by atoms with E-state index in [-0.39, 0.29) is 23.8 Å². The lowest BCUT2D eigenvalue weighted by Gasteiger charge is -2.07. The van der Waals surface area contributed by atoms with Crippen LogP contribution in [0.1, 0.15) is 30.9 Å². The van der Waals surface area contributed by atoms with E-state index in [9.17, 15) is 4.79 Å². The van der Waals surface area contributed by atoms with E-state index in [1.807, 2.05) is 13.8 Å². The van der Waals surface area contributed by atoms with Gasteiger partial charge in [0.1, 0.15) is 0 Å². The van der Waals surface area contributed by atoms with Crippen LogP contribution in [0.25, 0.3) is 0 Å². The number of amides is 1. The second-order valence-electron chi connectivity index (χ2n) is 3.57. The molecular formula is C9H17N5O2. The van der Waals surface area contributed by atoms with Gasteiger partial charge < -0.3 is 15.8 Å². The molecule has 0 aliphatic heterocycles. The molecule has 16 heavy (non-hydrogen) atoms. The lowest BCUT2D eigenvalue weighted by atomic mass is 10.4. The lowest BCUT2D eigenvalue weighted by molar-refractivity contribution is 0.0756. The molecule has 0 aliphatic rings. The predicted octanol–water partition coefficient (Wildman–Crippen LogP) is -0.0682. The molecule has 0 unspecified atom stereocenters. The molecule has 1 aromatic rings. The molecule has 7 nitrogen and oxygen atoms in total. The molecule has 7 heteroatoms. The number of hydrogen-bond donors (Lipinski definition) is 3. The summed E-state index contributed by atoms with van der Waals surface area (Å²) in [4.78, 5) is 15.1.